The molecule has 0 radical (unpaired) electrons. The van der Waals surface area contributed by atoms with Crippen LogP contribution >= 0.6 is 11.6 Å². The lowest BCUT2D eigenvalue weighted by molar-refractivity contribution is -0.116. The summed E-state index contributed by atoms with van der Waals surface area (Å²) in [5.74, 6) is 1.59. The first kappa shape index (κ1) is 20.1. The van der Waals surface area contributed by atoms with Crippen LogP contribution in [0.5, 0.6) is 0 Å². The minimum atomic E-state index is -0.0738. The van der Waals surface area contributed by atoms with Crippen molar-refractivity contribution in [3.8, 4) is 0 Å². The lowest BCUT2D eigenvalue weighted by atomic mass is 10.1. The fourth-order valence-corrected chi connectivity index (χ4v) is 3.61. The van der Waals surface area contributed by atoms with Gasteiger partial charge in [-0.3, -0.25) is 4.79 Å². The van der Waals surface area contributed by atoms with Gasteiger partial charge in [0.15, 0.2) is 0 Å². The SMILES string of the molecule is O=C(CCc1cccc(Cl)c1)Nc1cnc(N2CCN(c3ccccn3)CC2)nc1. The zero-order valence-electron chi connectivity index (χ0n) is 16.5. The molecule has 2 aromatic heterocycles. The van der Waals surface area contributed by atoms with Crippen molar-refractivity contribution < 1.29 is 4.79 Å². The molecule has 1 saturated heterocycles. The summed E-state index contributed by atoms with van der Waals surface area (Å²) in [4.78, 5) is 29.9. The molecule has 3 aromatic rings. The predicted molar refractivity (Wildman–Crippen MR) is 119 cm³/mol. The number of benzene rings is 1. The molecule has 30 heavy (non-hydrogen) atoms. The van der Waals surface area contributed by atoms with Crippen LogP contribution in [0.15, 0.2) is 61.1 Å². The van der Waals surface area contributed by atoms with Gasteiger partial charge in [0.25, 0.3) is 0 Å². The van der Waals surface area contributed by atoms with E-state index in [-0.39, 0.29) is 5.91 Å². The molecule has 4 rings (SSSR count). The molecule has 0 spiro atoms. The molecule has 8 heteroatoms. The van der Waals surface area contributed by atoms with E-state index >= 15 is 0 Å². The van der Waals surface area contributed by atoms with Gasteiger partial charge in [0, 0.05) is 43.8 Å². The molecular weight excluding hydrogens is 400 g/mol. The number of halogens is 1. The topological polar surface area (TPSA) is 74.2 Å². The summed E-state index contributed by atoms with van der Waals surface area (Å²) < 4.78 is 0. The largest absolute Gasteiger partial charge is 0.353 e. The van der Waals surface area contributed by atoms with Crippen molar-refractivity contribution in [3.63, 3.8) is 0 Å². The molecule has 7 nitrogen and oxygen atoms in total. The first-order valence-corrected chi connectivity index (χ1v) is 10.3. The number of aryl methyl sites for hydroxylation is 1. The highest BCUT2D eigenvalue weighted by atomic mass is 35.5. The van der Waals surface area contributed by atoms with E-state index in [4.69, 9.17) is 11.6 Å². The number of carbonyl (C=O) groups is 1. The third-order valence-electron chi connectivity index (χ3n) is 4.99. The smallest absolute Gasteiger partial charge is 0.225 e. The van der Waals surface area contributed by atoms with Crippen LogP contribution in [0, 0.1) is 0 Å². The first-order chi connectivity index (χ1) is 14.7. The number of nitrogens with zero attached hydrogens (tertiary/aromatic N) is 5. The van der Waals surface area contributed by atoms with Gasteiger partial charge in [-0.25, -0.2) is 15.0 Å². The highest BCUT2D eigenvalue weighted by molar-refractivity contribution is 6.30. The van der Waals surface area contributed by atoms with E-state index in [1.807, 2.05) is 48.7 Å². The number of anilines is 3. The Bertz CT molecular complexity index is 974. The molecule has 1 aliphatic heterocycles. The number of carbonyl (C=O) groups excluding carboxylic acids is 1. The standard InChI is InChI=1S/C22H23ClN6O/c23-18-5-3-4-17(14-18)7-8-21(30)27-19-15-25-22(26-16-19)29-12-10-28(11-13-29)20-6-1-2-9-24-20/h1-6,9,14-16H,7-8,10-13H2,(H,27,30). The molecular formula is C22H23ClN6O. The van der Waals surface area contributed by atoms with Gasteiger partial charge in [-0.1, -0.05) is 29.8 Å². The molecule has 154 valence electrons. The summed E-state index contributed by atoms with van der Waals surface area (Å²) in [6.07, 6.45) is 6.13. The van der Waals surface area contributed by atoms with Gasteiger partial charge in [0.05, 0.1) is 18.1 Å². The Labute approximate surface area is 180 Å². The maximum Gasteiger partial charge on any atom is 0.225 e. The number of amides is 1. The van der Waals surface area contributed by atoms with Crippen LogP contribution in [0.25, 0.3) is 0 Å². The van der Waals surface area contributed by atoms with E-state index in [1.54, 1.807) is 12.4 Å². The zero-order valence-corrected chi connectivity index (χ0v) is 17.3. The minimum Gasteiger partial charge on any atom is -0.353 e. The summed E-state index contributed by atoms with van der Waals surface area (Å²) in [5, 5.41) is 3.53. The number of rotatable bonds is 6. The van der Waals surface area contributed by atoms with Gasteiger partial charge >= 0.3 is 0 Å². The third-order valence-corrected chi connectivity index (χ3v) is 5.22. The maximum absolute atomic E-state index is 12.2. The monoisotopic (exact) mass is 422 g/mol. The fourth-order valence-electron chi connectivity index (χ4n) is 3.40. The molecule has 1 fully saturated rings. The van der Waals surface area contributed by atoms with Gasteiger partial charge in [-0.15, -0.1) is 0 Å². The Morgan fingerprint density at radius 2 is 1.73 bits per heavy atom. The predicted octanol–water partition coefficient (Wildman–Crippen LogP) is 3.42. The van der Waals surface area contributed by atoms with E-state index in [1.165, 1.54) is 0 Å². The Balaban J connectivity index is 1.26. The average molecular weight is 423 g/mol. The number of piperazine rings is 1. The molecule has 1 aliphatic rings. The molecule has 1 amide bonds. The molecule has 1 N–H and O–H groups in total. The minimum absolute atomic E-state index is 0.0738. The molecule has 0 bridgehead atoms. The number of hydrogen-bond acceptors (Lipinski definition) is 6. The maximum atomic E-state index is 12.2. The Hall–Kier alpha value is -3.19. The van der Waals surface area contributed by atoms with Crippen molar-refractivity contribution in [2.45, 2.75) is 12.8 Å². The van der Waals surface area contributed by atoms with Crippen molar-refractivity contribution in [2.75, 3.05) is 41.3 Å². The van der Waals surface area contributed by atoms with Crippen molar-refractivity contribution in [3.05, 3.63) is 71.6 Å². The normalized spacial score (nSPS) is 13.9. The number of pyridine rings is 1. The van der Waals surface area contributed by atoms with Crippen molar-refractivity contribution in [2.24, 2.45) is 0 Å². The van der Waals surface area contributed by atoms with Crippen molar-refractivity contribution in [1.29, 1.82) is 0 Å². The molecule has 0 saturated carbocycles. The first-order valence-electron chi connectivity index (χ1n) is 9.95. The van der Waals surface area contributed by atoms with Gasteiger partial charge in [0.2, 0.25) is 11.9 Å². The van der Waals surface area contributed by atoms with E-state index < -0.39 is 0 Å². The number of aromatic nitrogens is 3. The molecule has 0 unspecified atom stereocenters. The second-order valence-corrected chi connectivity index (χ2v) is 7.55. The number of hydrogen-bond donors (Lipinski definition) is 1. The van der Waals surface area contributed by atoms with Crippen LogP contribution in [-0.2, 0) is 11.2 Å². The van der Waals surface area contributed by atoms with E-state index in [9.17, 15) is 4.79 Å². The summed E-state index contributed by atoms with van der Waals surface area (Å²) in [7, 11) is 0. The molecule has 0 aliphatic carbocycles. The lowest BCUT2D eigenvalue weighted by Crippen LogP contribution is -2.47. The summed E-state index contributed by atoms with van der Waals surface area (Å²) >= 11 is 5.98. The van der Waals surface area contributed by atoms with Crippen LogP contribution in [0.1, 0.15) is 12.0 Å². The summed E-state index contributed by atoms with van der Waals surface area (Å²) in [6, 6.07) is 13.5. The molecule has 1 aromatic carbocycles. The van der Waals surface area contributed by atoms with Crippen molar-refractivity contribution >= 4 is 35.0 Å². The van der Waals surface area contributed by atoms with Gasteiger partial charge < -0.3 is 15.1 Å². The highest BCUT2D eigenvalue weighted by Crippen LogP contribution is 2.17. The Morgan fingerprint density at radius 1 is 0.967 bits per heavy atom. The van der Waals surface area contributed by atoms with E-state index in [0.29, 0.717) is 29.5 Å². The highest BCUT2D eigenvalue weighted by Gasteiger charge is 2.19. The molecule has 0 atom stereocenters. The zero-order chi connectivity index (χ0) is 20.8. The average Bonchev–Trinajstić information content (AvgIpc) is 2.79. The van der Waals surface area contributed by atoms with Gasteiger partial charge in [-0.05, 0) is 36.2 Å². The summed E-state index contributed by atoms with van der Waals surface area (Å²) in [5.41, 5.74) is 1.64. The van der Waals surface area contributed by atoms with E-state index in [2.05, 4.69) is 30.1 Å². The van der Waals surface area contributed by atoms with Crippen LogP contribution in [0.3, 0.4) is 0 Å². The second kappa shape index (κ2) is 9.54. The van der Waals surface area contributed by atoms with Crippen LogP contribution in [-0.4, -0.2) is 47.0 Å². The quantitative estimate of drug-likeness (QED) is 0.656. The van der Waals surface area contributed by atoms with Gasteiger partial charge in [0.1, 0.15) is 5.82 Å². The fraction of sp³-hybridized carbons (Fsp3) is 0.273. The van der Waals surface area contributed by atoms with E-state index in [0.717, 1.165) is 37.6 Å². The van der Waals surface area contributed by atoms with Gasteiger partial charge in [-0.2, -0.15) is 0 Å². The van der Waals surface area contributed by atoms with Crippen LogP contribution < -0.4 is 15.1 Å². The Kier molecular flexibility index (Phi) is 6.39. The van der Waals surface area contributed by atoms with Crippen molar-refractivity contribution in [1.82, 2.24) is 15.0 Å². The summed E-state index contributed by atoms with van der Waals surface area (Å²) in [6.45, 7) is 3.37. The van der Waals surface area contributed by atoms with Crippen LogP contribution in [0.4, 0.5) is 17.5 Å². The van der Waals surface area contributed by atoms with Crippen LogP contribution in [0.2, 0.25) is 5.02 Å². The third kappa shape index (κ3) is 5.24. The lowest BCUT2D eigenvalue weighted by Gasteiger charge is -2.35. The Morgan fingerprint density at radius 3 is 2.43 bits per heavy atom. The number of nitrogens with one attached hydrogen (secondary N) is 1. The molecule has 3 heterocycles. The second-order valence-electron chi connectivity index (χ2n) is 7.11.